The highest BCUT2D eigenvalue weighted by Crippen LogP contribution is 2.37. The fraction of sp³-hybridized carbons (Fsp3) is 0.346. The number of carbonyl (C=O) groups excluding carboxylic acids is 3. The lowest BCUT2D eigenvalue weighted by Crippen LogP contribution is -2.53. The number of ether oxygens (including phenoxy) is 1. The second-order valence-corrected chi connectivity index (χ2v) is 9.53. The van der Waals surface area contributed by atoms with Gasteiger partial charge >= 0.3 is 12.0 Å². The van der Waals surface area contributed by atoms with Crippen LogP contribution in [0.5, 0.6) is 0 Å². The number of carbonyl (C=O) groups is 3. The van der Waals surface area contributed by atoms with Crippen molar-refractivity contribution in [2.75, 3.05) is 46.4 Å². The van der Waals surface area contributed by atoms with Crippen LogP contribution < -0.4 is 5.32 Å². The molecule has 0 saturated carbocycles. The average Bonchev–Trinajstić information content (AvgIpc) is 2.88. The summed E-state index contributed by atoms with van der Waals surface area (Å²) < 4.78 is 18.9. The minimum absolute atomic E-state index is 0.157. The number of hydrogen-bond donors (Lipinski definition) is 1. The molecule has 1 fully saturated rings. The molecule has 4 rings (SSSR count). The fourth-order valence-corrected chi connectivity index (χ4v) is 4.92. The van der Waals surface area contributed by atoms with E-state index in [4.69, 9.17) is 27.9 Å². The Balaban J connectivity index is 1.59. The zero-order chi connectivity index (χ0) is 26.7. The predicted octanol–water partition coefficient (Wildman–Crippen LogP) is 4.10. The Bertz CT molecular complexity index is 1250. The Labute approximate surface area is 224 Å². The van der Waals surface area contributed by atoms with Crippen LogP contribution in [0.3, 0.4) is 0 Å². The molecule has 2 aliphatic rings. The summed E-state index contributed by atoms with van der Waals surface area (Å²) in [5, 5.41) is 3.38. The van der Waals surface area contributed by atoms with Crippen LogP contribution in [0.25, 0.3) is 0 Å². The molecule has 1 N–H and O–H groups in total. The Morgan fingerprint density at radius 2 is 1.81 bits per heavy atom. The van der Waals surface area contributed by atoms with Crippen LogP contribution in [0.15, 0.2) is 53.7 Å². The number of esters is 1. The van der Waals surface area contributed by atoms with Crippen molar-refractivity contribution in [1.82, 2.24) is 20.0 Å². The van der Waals surface area contributed by atoms with E-state index < -0.39 is 23.9 Å². The van der Waals surface area contributed by atoms with Crippen molar-refractivity contribution in [2.24, 2.45) is 0 Å². The van der Waals surface area contributed by atoms with Gasteiger partial charge in [-0.15, -0.1) is 0 Å². The minimum atomic E-state index is -0.847. The highest BCUT2D eigenvalue weighted by molar-refractivity contribution is 6.42. The first kappa shape index (κ1) is 26.9. The molecule has 196 valence electrons. The normalized spacial score (nSPS) is 18.6. The zero-order valence-electron chi connectivity index (χ0n) is 20.5. The molecule has 1 unspecified atom stereocenters. The smallest absolute Gasteiger partial charge is 0.338 e. The van der Waals surface area contributed by atoms with Crippen LogP contribution in [0.4, 0.5) is 9.18 Å². The standard InChI is InChI=1S/C26H27Cl2FN4O4/c1-3-37-25(35)21-20(31(2)26(36)30-23(21)18-8-5-9-19(27)22(18)28)15-32-10-12-33(13-11-32)24(34)16-6-4-7-17(29)14-16/h4-9,14,23H,3,10-13,15H2,1-2H3,(H,30,36). The van der Waals surface area contributed by atoms with Gasteiger partial charge in [-0.2, -0.15) is 0 Å². The number of rotatable bonds is 6. The number of likely N-dealkylation sites (N-methyl/N-ethyl adjacent to an activating group) is 1. The van der Waals surface area contributed by atoms with Gasteiger partial charge in [0.15, 0.2) is 0 Å². The van der Waals surface area contributed by atoms with E-state index in [1.165, 1.54) is 23.1 Å². The molecule has 2 aromatic carbocycles. The summed E-state index contributed by atoms with van der Waals surface area (Å²) in [6.07, 6.45) is 0. The molecule has 37 heavy (non-hydrogen) atoms. The molecule has 2 aliphatic heterocycles. The van der Waals surface area contributed by atoms with Gasteiger partial charge in [-0.1, -0.05) is 41.4 Å². The third-order valence-corrected chi connectivity index (χ3v) is 7.30. The molecule has 0 spiro atoms. The zero-order valence-corrected chi connectivity index (χ0v) is 22.0. The molecule has 0 radical (unpaired) electrons. The lowest BCUT2D eigenvalue weighted by atomic mass is 9.94. The van der Waals surface area contributed by atoms with E-state index in [9.17, 15) is 18.8 Å². The van der Waals surface area contributed by atoms with E-state index in [0.29, 0.717) is 48.0 Å². The van der Waals surface area contributed by atoms with Crippen LogP contribution in [0, 0.1) is 5.82 Å². The maximum absolute atomic E-state index is 13.6. The van der Waals surface area contributed by atoms with E-state index in [1.54, 1.807) is 43.1 Å². The first-order chi connectivity index (χ1) is 17.7. The number of benzene rings is 2. The molecule has 8 nitrogen and oxygen atoms in total. The third-order valence-electron chi connectivity index (χ3n) is 6.47. The molecular formula is C26H27Cl2FN4O4. The van der Waals surface area contributed by atoms with Crippen molar-refractivity contribution in [2.45, 2.75) is 13.0 Å². The first-order valence-electron chi connectivity index (χ1n) is 11.9. The lowest BCUT2D eigenvalue weighted by Gasteiger charge is -2.39. The van der Waals surface area contributed by atoms with Gasteiger partial charge in [-0.3, -0.25) is 14.6 Å². The number of halogens is 3. The number of urea groups is 1. The van der Waals surface area contributed by atoms with Gasteiger partial charge in [0.2, 0.25) is 0 Å². The van der Waals surface area contributed by atoms with Crippen molar-refractivity contribution in [3.05, 3.63) is 80.7 Å². The highest BCUT2D eigenvalue weighted by atomic mass is 35.5. The summed E-state index contributed by atoms with van der Waals surface area (Å²) >= 11 is 12.7. The summed E-state index contributed by atoms with van der Waals surface area (Å²) in [4.78, 5) is 44.0. The second kappa shape index (κ2) is 11.5. The van der Waals surface area contributed by atoms with Crippen molar-refractivity contribution >= 4 is 41.1 Å². The van der Waals surface area contributed by atoms with Gasteiger partial charge in [0.25, 0.3) is 5.91 Å². The highest BCUT2D eigenvalue weighted by Gasteiger charge is 2.38. The minimum Gasteiger partial charge on any atom is -0.463 e. The number of nitrogens with one attached hydrogen (secondary N) is 1. The number of amides is 3. The number of nitrogens with zero attached hydrogens (tertiary/aromatic N) is 3. The van der Waals surface area contributed by atoms with Gasteiger partial charge in [-0.25, -0.2) is 14.0 Å². The van der Waals surface area contributed by atoms with Crippen molar-refractivity contribution < 1.29 is 23.5 Å². The van der Waals surface area contributed by atoms with Crippen molar-refractivity contribution in [3.8, 4) is 0 Å². The lowest BCUT2D eigenvalue weighted by molar-refractivity contribution is -0.139. The molecule has 0 bridgehead atoms. The van der Waals surface area contributed by atoms with Gasteiger partial charge in [0.1, 0.15) is 5.82 Å². The van der Waals surface area contributed by atoms with Crippen LogP contribution >= 0.6 is 23.2 Å². The molecule has 1 saturated heterocycles. The van der Waals surface area contributed by atoms with E-state index in [1.807, 2.05) is 0 Å². The van der Waals surface area contributed by atoms with Crippen molar-refractivity contribution in [1.29, 1.82) is 0 Å². The van der Waals surface area contributed by atoms with E-state index in [-0.39, 0.29) is 29.7 Å². The largest absolute Gasteiger partial charge is 0.463 e. The maximum Gasteiger partial charge on any atom is 0.338 e. The monoisotopic (exact) mass is 548 g/mol. The Morgan fingerprint density at radius 1 is 1.11 bits per heavy atom. The molecule has 2 aromatic rings. The van der Waals surface area contributed by atoms with E-state index in [2.05, 4.69) is 10.2 Å². The second-order valence-electron chi connectivity index (χ2n) is 8.74. The molecule has 11 heteroatoms. The Kier molecular flexibility index (Phi) is 8.36. The summed E-state index contributed by atoms with van der Waals surface area (Å²) in [5.41, 5.74) is 1.53. The SMILES string of the molecule is CCOC(=O)C1=C(CN2CCN(C(=O)c3cccc(F)c3)CC2)N(C)C(=O)NC1c1cccc(Cl)c1Cl. The van der Waals surface area contributed by atoms with Crippen molar-refractivity contribution in [3.63, 3.8) is 0 Å². The fourth-order valence-electron chi connectivity index (χ4n) is 4.50. The average molecular weight is 549 g/mol. The summed E-state index contributed by atoms with van der Waals surface area (Å²) in [7, 11) is 1.59. The molecule has 0 aliphatic carbocycles. The topological polar surface area (TPSA) is 82.2 Å². The van der Waals surface area contributed by atoms with Gasteiger partial charge in [0.05, 0.1) is 28.3 Å². The van der Waals surface area contributed by atoms with Gasteiger partial charge < -0.3 is 15.0 Å². The first-order valence-corrected chi connectivity index (χ1v) is 12.6. The van der Waals surface area contributed by atoms with Crippen LogP contribution in [-0.4, -0.2) is 79.0 Å². The molecular weight excluding hydrogens is 522 g/mol. The molecule has 3 amide bonds. The van der Waals surface area contributed by atoms with E-state index >= 15 is 0 Å². The molecule has 0 aromatic heterocycles. The van der Waals surface area contributed by atoms with Crippen LogP contribution in [0.1, 0.15) is 28.9 Å². The van der Waals surface area contributed by atoms with Gasteiger partial charge in [0, 0.05) is 51.0 Å². The molecule has 1 atom stereocenters. The number of piperazine rings is 1. The van der Waals surface area contributed by atoms with Gasteiger partial charge in [-0.05, 0) is 36.8 Å². The number of hydrogen-bond acceptors (Lipinski definition) is 5. The molecule has 2 heterocycles. The van der Waals surface area contributed by atoms with E-state index in [0.717, 1.165) is 0 Å². The Morgan fingerprint density at radius 3 is 2.49 bits per heavy atom. The summed E-state index contributed by atoms with van der Waals surface area (Å²) in [5.74, 6) is -1.27. The quantitative estimate of drug-likeness (QED) is 0.549. The summed E-state index contributed by atoms with van der Waals surface area (Å²) in [6.45, 7) is 3.96. The summed E-state index contributed by atoms with van der Waals surface area (Å²) in [6, 6.07) is 9.40. The van der Waals surface area contributed by atoms with Crippen LogP contribution in [0.2, 0.25) is 10.0 Å². The third kappa shape index (κ3) is 5.74. The maximum atomic E-state index is 13.6. The Hall–Kier alpha value is -3.14. The predicted molar refractivity (Wildman–Crippen MR) is 138 cm³/mol. The van der Waals surface area contributed by atoms with Crippen LogP contribution in [-0.2, 0) is 9.53 Å².